The molecule has 1 aromatic carbocycles. The Morgan fingerprint density at radius 1 is 1.12 bits per heavy atom. The molecule has 0 aliphatic carbocycles. The summed E-state index contributed by atoms with van der Waals surface area (Å²) in [6, 6.07) is 10.3. The number of sulfonamides is 1. The van der Waals surface area contributed by atoms with Crippen LogP contribution in [0.15, 0.2) is 60.0 Å². The monoisotopic (exact) mass is 358 g/mol. The minimum absolute atomic E-state index is 0.234. The molecule has 0 saturated heterocycles. The summed E-state index contributed by atoms with van der Waals surface area (Å²) in [4.78, 5) is 8.51. The smallest absolute Gasteiger partial charge is 0.240 e. The van der Waals surface area contributed by atoms with Gasteiger partial charge in [0, 0.05) is 31.5 Å². The van der Waals surface area contributed by atoms with Crippen molar-refractivity contribution in [2.45, 2.75) is 11.8 Å². The molecule has 2 N–H and O–H groups in total. The van der Waals surface area contributed by atoms with Crippen LogP contribution in [0, 0.1) is 6.92 Å². The van der Waals surface area contributed by atoms with Gasteiger partial charge in [-0.1, -0.05) is 12.1 Å². The molecule has 9 heteroatoms. The van der Waals surface area contributed by atoms with Crippen LogP contribution in [-0.2, 0) is 10.0 Å². The van der Waals surface area contributed by atoms with E-state index in [4.69, 9.17) is 0 Å². The zero-order valence-corrected chi connectivity index (χ0v) is 14.4. The average Bonchev–Trinajstić information content (AvgIpc) is 3.14. The maximum Gasteiger partial charge on any atom is 0.240 e. The fourth-order valence-corrected chi connectivity index (χ4v) is 3.35. The van der Waals surface area contributed by atoms with Crippen LogP contribution in [-0.4, -0.2) is 41.3 Å². The fraction of sp³-hybridized carbons (Fsp3) is 0.188. The summed E-state index contributed by atoms with van der Waals surface area (Å²) in [6.45, 7) is 2.48. The molecule has 0 unspecified atom stereocenters. The van der Waals surface area contributed by atoms with Gasteiger partial charge >= 0.3 is 0 Å². The molecule has 25 heavy (non-hydrogen) atoms. The van der Waals surface area contributed by atoms with Crippen LogP contribution in [0.3, 0.4) is 0 Å². The lowest BCUT2D eigenvalue weighted by atomic mass is 10.2. The predicted octanol–water partition coefficient (Wildman–Crippen LogP) is 1.36. The molecule has 0 fully saturated rings. The first-order valence-electron chi connectivity index (χ1n) is 7.67. The number of nitrogens with one attached hydrogen (secondary N) is 2. The van der Waals surface area contributed by atoms with E-state index in [0.717, 1.165) is 5.56 Å². The van der Waals surface area contributed by atoms with Crippen LogP contribution in [0.25, 0.3) is 5.82 Å². The zero-order valence-electron chi connectivity index (χ0n) is 13.6. The number of anilines is 1. The molecule has 2 aromatic heterocycles. The second-order valence-corrected chi connectivity index (χ2v) is 7.12. The SMILES string of the molecule is Cc1cccc(S(=O)(=O)NCCNc2cc(-n3cccn3)ncn2)c1. The normalized spacial score (nSPS) is 11.4. The Balaban J connectivity index is 1.56. The van der Waals surface area contributed by atoms with Gasteiger partial charge in [-0.3, -0.25) is 0 Å². The molecule has 0 aliphatic heterocycles. The Labute approximate surface area is 146 Å². The molecular weight excluding hydrogens is 340 g/mol. The summed E-state index contributed by atoms with van der Waals surface area (Å²) in [5.74, 6) is 1.22. The number of hydrogen-bond donors (Lipinski definition) is 2. The topological polar surface area (TPSA) is 102 Å². The van der Waals surface area contributed by atoms with Crippen molar-refractivity contribution in [3.63, 3.8) is 0 Å². The Hall–Kier alpha value is -2.78. The fourth-order valence-electron chi connectivity index (χ4n) is 2.22. The summed E-state index contributed by atoms with van der Waals surface area (Å²) in [7, 11) is -3.52. The molecule has 3 rings (SSSR count). The summed E-state index contributed by atoms with van der Waals surface area (Å²) in [5, 5.41) is 7.17. The van der Waals surface area contributed by atoms with Crippen molar-refractivity contribution in [2.24, 2.45) is 0 Å². The Morgan fingerprint density at radius 3 is 2.76 bits per heavy atom. The Morgan fingerprint density at radius 2 is 2.00 bits per heavy atom. The molecule has 0 bridgehead atoms. The molecule has 130 valence electrons. The highest BCUT2D eigenvalue weighted by Gasteiger charge is 2.12. The van der Waals surface area contributed by atoms with Crippen molar-refractivity contribution >= 4 is 15.8 Å². The summed E-state index contributed by atoms with van der Waals surface area (Å²) in [5.41, 5.74) is 0.896. The first kappa shape index (κ1) is 17.1. The van der Waals surface area contributed by atoms with Crippen molar-refractivity contribution in [1.29, 1.82) is 0 Å². The first-order valence-corrected chi connectivity index (χ1v) is 9.15. The lowest BCUT2D eigenvalue weighted by Crippen LogP contribution is -2.29. The molecule has 0 amide bonds. The van der Waals surface area contributed by atoms with Crippen LogP contribution < -0.4 is 10.0 Å². The molecule has 8 nitrogen and oxygen atoms in total. The molecule has 0 spiro atoms. The van der Waals surface area contributed by atoms with Crippen LogP contribution >= 0.6 is 0 Å². The molecule has 0 saturated carbocycles. The van der Waals surface area contributed by atoms with E-state index in [9.17, 15) is 8.42 Å². The van der Waals surface area contributed by atoms with Gasteiger partial charge in [-0.25, -0.2) is 27.8 Å². The second-order valence-electron chi connectivity index (χ2n) is 5.35. The highest BCUT2D eigenvalue weighted by molar-refractivity contribution is 7.89. The average molecular weight is 358 g/mol. The van der Waals surface area contributed by atoms with Gasteiger partial charge in [0.1, 0.15) is 12.1 Å². The van der Waals surface area contributed by atoms with Gasteiger partial charge in [-0.2, -0.15) is 5.10 Å². The summed E-state index contributed by atoms with van der Waals surface area (Å²) in [6.07, 6.45) is 4.87. The van der Waals surface area contributed by atoms with Gasteiger partial charge < -0.3 is 5.32 Å². The minimum atomic E-state index is -3.52. The molecule has 0 atom stereocenters. The predicted molar refractivity (Wildman–Crippen MR) is 94.0 cm³/mol. The van der Waals surface area contributed by atoms with E-state index in [0.29, 0.717) is 18.2 Å². The van der Waals surface area contributed by atoms with Crippen LogP contribution in [0.2, 0.25) is 0 Å². The third-order valence-corrected chi connectivity index (χ3v) is 4.87. The molecular formula is C16H18N6O2S. The maximum atomic E-state index is 12.2. The van der Waals surface area contributed by atoms with Gasteiger partial charge in [0.05, 0.1) is 4.90 Å². The maximum absolute atomic E-state index is 12.2. The molecule has 2 heterocycles. The van der Waals surface area contributed by atoms with Crippen molar-refractivity contribution in [2.75, 3.05) is 18.4 Å². The lowest BCUT2D eigenvalue weighted by Gasteiger charge is -2.09. The van der Waals surface area contributed by atoms with E-state index in [1.807, 2.05) is 13.0 Å². The second kappa shape index (κ2) is 7.41. The number of hydrogen-bond acceptors (Lipinski definition) is 6. The standard InChI is InChI=1S/C16H18N6O2S/c1-13-4-2-5-14(10-13)25(23,24)21-8-7-17-15-11-16(19-12-18-15)22-9-3-6-20-22/h2-6,9-12,21H,7-8H2,1H3,(H,17,18,19). The van der Waals surface area contributed by atoms with Crippen LogP contribution in [0.4, 0.5) is 5.82 Å². The van der Waals surface area contributed by atoms with E-state index in [-0.39, 0.29) is 11.4 Å². The highest BCUT2D eigenvalue weighted by Crippen LogP contribution is 2.10. The molecule has 0 aliphatic rings. The first-order chi connectivity index (χ1) is 12.0. The van der Waals surface area contributed by atoms with E-state index in [1.165, 1.54) is 6.33 Å². The van der Waals surface area contributed by atoms with Gasteiger partial charge in [0.2, 0.25) is 10.0 Å². The van der Waals surface area contributed by atoms with Crippen LogP contribution in [0.1, 0.15) is 5.56 Å². The van der Waals surface area contributed by atoms with Gasteiger partial charge in [0.15, 0.2) is 5.82 Å². The summed E-state index contributed by atoms with van der Waals surface area (Å²) >= 11 is 0. The Kier molecular flexibility index (Phi) is 5.05. The third-order valence-electron chi connectivity index (χ3n) is 3.41. The molecule has 0 radical (unpaired) electrons. The Bertz CT molecular complexity index is 941. The highest BCUT2D eigenvalue weighted by atomic mass is 32.2. The van der Waals surface area contributed by atoms with Gasteiger partial charge in [-0.05, 0) is 30.7 Å². The number of aromatic nitrogens is 4. The quantitative estimate of drug-likeness (QED) is 0.619. The van der Waals surface area contributed by atoms with Gasteiger partial charge in [-0.15, -0.1) is 0 Å². The van der Waals surface area contributed by atoms with E-state index >= 15 is 0 Å². The van der Waals surface area contributed by atoms with Crippen LogP contribution in [0.5, 0.6) is 0 Å². The van der Waals surface area contributed by atoms with E-state index < -0.39 is 10.0 Å². The zero-order chi connectivity index (χ0) is 17.7. The van der Waals surface area contributed by atoms with Gasteiger partial charge in [0.25, 0.3) is 0 Å². The van der Waals surface area contributed by atoms with Crippen molar-refractivity contribution < 1.29 is 8.42 Å². The van der Waals surface area contributed by atoms with E-state index in [1.54, 1.807) is 47.4 Å². The van der Waals surface area contributed by atoms with E-state index in [2.05, 4.69) is 25.1 Å². The minimum Gasteiger partial charge on any atom is -0.369 e. The lowest BCUT2D eigenvalue weighted by molar-refractivity contribution is 0.583. The number of nitrogens with zero attached hydrogens (tertiary/aromatic N) is 4. The van der Waals surface area contributed by atoms with Crippen molar-refractivity contribution in [1.82, 2.24) is 24.5 Å². The number of benzene rings is 1. The summed E-state index contributed by atoms with van der Waals surface area (Å²) < 4.78 is 28.6. The van der Waals surface area contributed by atoms with Crippen molar-refractivity contribution in [3.8, 4) is 5.82 Å². The largest absolute Gasteiger partial charge is 0.369 e. The molecule has 3 aromatic rings. The van der Waals surface area contributed by atoms with Crippen molar-refractivity contribution in [3.05, 3.63) is 60.7 Å². The third kappa shape index (κ3) is 4.40. The number of rotatable bonds is 7. The number of aryl methyl sites for hydroxylation is 1.